The van der Waals surface area contributed by atoms with Crippen molar-refractivity contribution in [2.45, 2.75) is 6.04 Å². The van der Waals surface area contributed by atoms with Gasteiger partial charge in [-0.15, -0.1) is 0 Å². The van der Waals surface area contributed by atoms with E-state index in [9.17, 15) is 4.79 Å². The standard InChI is InChI=1S/C14H12BrClN2O/c15-10-6-7-12(11(16)8-10)18-14(19)13(17)9-4-2-1-3-5-9/h1-8,13H,17H2,(H,18,19)/t13-/m0/s1. The number of nitrogens with two attached hydrogens (primary N) is 1. The fourth-order valence-electron chi connectivity index (χ4n) is 1.61. The predicted octanol–water partition coefficient (Wildman–Crippen LogP) is 3.74. The monoisotopic (exact) mass is 338 g/mol. The Morgan fingerprint density at radius 3 is 2.53 bits per heavy atom. The van der Waals surface area contributed by atoms with E-state index in [0.717, 1.165) is 10.0 Å². The topological polar surface area (TPSA) is 55.1 Å². The van der Waals surface area contributed by atoms with E-state index in [1.165, 1.54) is 0 Å². The average Bonchev–Trinajstić information content (AvgIpc) is 2.42. The van der Waals surface area contributed by atoms with Crippen molar-refractivity contribution in [2.75, 3.05) is 5.32 Å². The summed E-state index contributed by atoms with van der Waals surface area (Å²) >= 11 is 9.35. The molecule has 0 radical (unpaired) electrons. The molecule has 0 spiro atoms. The van der Waals surface area contributed by atoms with Gasteiger partial charge in [0.25, 0.3) is 0 Å². The van der Waals surface area contributed by atoms with Crippen LogP contribution in [-0.2, 0) is 4.79 Å². The first-order chi connectivity index (χ1) is 9.08. The first kappa shape index (κ1) is 14.1. The van der Waals surface area contributed by atoms with Crippen LogP contribution in [0.15, 0.2) is 53.0 Å². The summed E-state index contributed by atoms with van der Waals surface area (Å²) in [6, 6.07) is 13.7. The molecule has 0 unspecified atom stereocenters. The molecule has 2 aromatic rings. The van der Waals surface area contributed by atoms with Crippen LogP contribution in [0, 0.1) is 0 Å². The van der Waals surface area contributed by atoms with Gasteiger partial charge in [-0.1, -0.05) is 57.9 Å². The highest BCUT2D eigenvalue weighted by molar-refractivity contribution is 9.10. The molecular weight excluding hydrogens is 328 g/mol. The molecule has 2 aromatic carbocycles. The van der Waals surface area contributed by atoms with Crippen molar-refractivity contribution in [1.29, 1.82) is 0 Å². The van der Waals surface area contributed by atoms with Crippen molar-refractivity contribution in [3.63, 3.8) is 0 Å². The molecule has 0 aliphatic heterocycles. The summed E-state index contributed by atoms with van der Waals surface area (Å²) < 4.78 is 0.850. The van der Waals surface area contributed by atoms with E-state index in [4.69, 9.17) is 17.3 Å². The fourth-order valence-corrected chi connectivity index (χ4v) is 2.33. The van der Waals surface area contributed by atoms with Gasteiger partial charge in [-0.3, -0.25) is 4.79 Å². The third kappa shape index (κ3) is 3.56. The molecule has 0 saturated heterocycles. The van der Waals surface area contributed by atoms with Gasteiger partial charge in [0.15, 0.2) is 0 Å². The molecule has 2 rings (SSSR count). The van der Waals surface area contributed by atoms with E-state index in [0.29, 0.717) is 10.7 Å². The number of nitrogens with one attached hydrogen (secondary N) is 1. The number of rotatable bonds is 3. The van der Waals surface area contributed by atoms with Gasteiger partial charge in [0.05, 0.1) is 10.7 Å². The minimum atomic E-state index is -0.721. The predicted molar refractivity (Wildman–Crippen MR) is 81.2 cm³/mol. The van der Waals surface area contributed by atoms with Crippen LogP contribution in [0.5, 0.6) is 0 Å². The summed E-state index contributed by atoms with van der Waals surface area (Å²) in [5, 5.41) is 3.18. The molecule has 0 bridgehead atoms. The molecular formula is C14H12BrClN2O. The van der Waals surface area contributed by atoms with E-state index in [1.807, 2.05) is 30.3 Å². The number of hydrogen-bond acceptors (Lipinski definition) is 2. The number of carbonyl (C=O) groups is 1. The SMILES string of the molecule is N[C@H](C(=O)Nc1ccc(Br)cc1Cl)c1ccccc1. The van der Waals surface area contributed by atoms with Gasteiger partial charge < -0.3 is 11.1 Å². The summed E-state index contributed by atoms with van der Waals surface area (Å²) in [7, 11) is 0. The Labute approximate surface area is 124 Å². The molecule has 1 amide bonds. The van der Waals surface area contributed by atoms with Crippen molar-refractivity contribution in [3.8, 4) is 0 Å². The normalized spacial score (nSPS) is 11.9. The Morgan fingerprint density at radius 1 is 1.21 bits per heavy atom. The van der Waals surface area contributed by atoms with Gasteiger partial charge in [0.1, 0.15) is 6.04 Å². The van der Waals surface area contributed by atoms with Gasteiger partial charge in [0.2, 0.25) is 5.91 Å². The second kappa shape index (κ2) is 6.19. The van der Waals surface area contributed by atoms with Crippen LogP contribution >= 0.6 is 27.5 Å². The second-order valence-electron chi connectivity index (χ2n) is 4.00. The third-order valence-corrected chi connectivity index (χ3v) is 3.44. The van der Waals surface area contributed by atoms with Crippen LogP contribution in [0.3, 0.4) is 0 Å². The Bertz CT molecular complexity index is 589. The van der Waals surface area contributed by atoms with Crippen molar-refractivity contribution < 1.29 is 4.79 Å². The third-order valence-electron chi connectivity index (χ3n) is 2.63. The summed E-state index contributed by atoms with van der Waals surface area (Å²) in [4.78, 5) is 12.0. The molecule has 0 aromatic heterocycles. The number of halogens is 2. The zero-order valence-corrected chi connectivity index (χ0v) is 12.3. The van der Waals surface area contributed by atoms with Crippen molar-refractivity contribution in [3.05, 3.63) is 63.6 Å². The molecule has 0 aliphatic carbocycles. The molecule has 0 fully saturated rings. The molecule has 1 atom stereocenters. The summed E-state index contributed by atoms with van der Waals surface area (Å²) in [6.45, 7) is 0. The Hall–Kier alpha value is -1.36. The maximum Gasteiger partial charge on any atom is 0.245 e. The Morgan fingerprint density at radius 2 is 1.89 bits per heavy atom. The van der Waals surface area contributed by atoms with Gasteiger partial charge in [-0.05, 0) is 23.8 Å². The highest BCUT2D eigenvalue weighted by atomic mass is 79.9. The molecule has 19 heavy (non-hydrogen) atoms. The van der Waals surface area contributed by atoms with Gasteiger partial charge in [0, 0.05) is 4.47 Å². The Balaban J connectivity index is 2.13. The molecule has 5 heteroatoms. The second-order valence-corrected chi connectivity index (χ2v) is 5.32. The fraction of sp³-hybridized carbons (Fsp3) is 0.0714. The van der Waals surface area contributed by atoms with Crippen molar-refractivity contribution >= 4 is 39.1 Å². The minimum Gasteiger partial charge on any atom is -0.323 e. The van der Waals surface area contributed by atoms with Crippen LogP contribution in [0.4, 0.5) is 5.69 Å². The lowest BCUT2D eigenvalue weighted by Gasteiger charge is -2.13. The largest absolute Gasteiger partial charge is 0.323 e. The first-order valence-electron chi connectivity index (χ1n) is 5.64. The van der Waals surface area contributed by atoms with Gasteiger partial charge in [-0.25, -0.2) is 0 Å². The number of hydrogen-bond donors (Lipinski definition) is 2. The van der Waals surface area contributed by atoms with Crippen LogP contribution in [0.2, 0.25) is 5.02 Å². The number of carbonyl (C=O) groups excluding carboxylic acids is 1. The smallest absolute Gasteiger partial charge is 0.245 e. The molecule has 3 nitrogen and oxygen atoms in total. The lowest BCUT2D eigenvalue weighted by atomic mass is 10.1. The van der Waals surface area contributed by atoms with Crippen molar-refractivity contribution in [2.24, 2.45) is 5.73 Å². The molecule has 98 valence electrons. The average molecular weight is 340 g/mol. The molecule has 3 N–H and O–H groups in total. The lowest BCUT2D eigenvalue weighted by Crippen LogP contribution is -2.27. The van der Waals surface area contributed by atoms with E-state index < -0.39 is 6.04 Å². The van der Waals surface area contributed by atoms with Gasteiger partial charge in [-0.2, -0.15) is 0 Å². The zero-order valence-electron chi connectivity index (χ0n) is 9.94. The molecule has 0 aliphatic rings. The number of benzene rings is 2. The lowest BCUT2D eigenvalue weighted by molar-refractivity contribution is -0.117. The Kier molecular flexibility index (Phi) is 4.58. The van der Waals surface area contributed by atoms with E-state index in [1.54, 1.807) is 18.2 Å². The maximum atomic E-state index is 12.0. The van der Waals surface area contributed by atoms with Crippen LogP contribution < -0.4 is 11.1 Å². The van der Waals surface area contributed by atoms with Crippen LogP contribution in [-0.4, -0.2) is 5.91 Å². The van der Waals surface area contributed by atoms with Crippen molar-refractivity contribution in [1.82, 2.24) is 0 Å². The van der Waals surface area contributed by atoms with Crippen LogP contribution in [0.1, 0.15) is 11.6 Å². The van der Waals surface area contributed by atoms with E-state index >= 15 is 0 Å². The van der Waals surface area contributed by atoms with Crippen LogP contribution in [0.25, 0.3) is 0 Å². The van der Waals surface area contributed by atoms with E-state index in [-0.39, 0.29) is 5.91 Å². The zero-order chi connectivity index (χ0) is 13.8. The highest BCUT2D eigenvalue weighted by Gasteiger charge is 2.16. The number of anilines is 1. The van der Waals surface area contributed by atoms with Gasteiger partial charge >= 0.3 is 0 Å². The molecule has 0 heterocycles. The summed E-state index contributed by atoms with van der Waals surface area (Å²) in [5.41, 5.74) is 7.20. The quantitative estimate of drug-likeness (QED) is 0.895. The minimum absolute atomic E-state index is 0.296. The molecule has 0 saturated carbocycles. The number of amides is 1. The first-order valence-corrected chi connectivity index (χ1v) is 6.81. The summed E-state index contributed by atoms with van der Waals surface area (Å²) in [5.74, 6) is -0.296. The van der Waals surface area contributed by atoms with E-state index in [2.05, 4.69) is 21.2 Å². The summed E-state index contributed by atoms with van der Waals surface area (Å²) in [6.07, 6.45) is 0. The highest BCUT2D eigenvalue weighted by Crippen LogP contribution is 2.26. The maximum absolute atomic E-state index is 12.0.